The van der Waals surface area contributed by atoms with Crippen molar-refractivity contribution in [3.8, 4) is 0 Å². The summed E-state index contributed by atoms with van der Waals surface area (Å²) >= 11 is 0. The molecule has 0 spiro atoms. The number of aromatic nitrogens is 2. The minimum absolute atomic E-state index is 0.171. The molecule has 5 heteroatoms. The lowest BCUT2D eigenvalue weighted by Crippen LogP contribution is -2.06. The molecule has 0 bridgehead atoms. The van der Waals surface area contributed by atoms with Crippen molar-refractivity contribution in [2.75, 3.05) is 5.73 Å². The van der Waals surface area contributed by atoms with Crippen molar-refractivity contribution < 1.29 is 9.53 Å². The van der Waals surface area contributed by atoms with Gasteiger partial charge in [0.05, 0.1) is 11.3 Å². The number of esters is 1. The Kier molecular flexibility index (Phi) is 3.09. The van der Waals surface area contributed by atoms with E-state index in [9.17, 15) is 4.79 Å². The predicted octanol–water partition coefficient (Wildman–Crippen LogP) is 1.36. The Hall–Kier alpha value is -2.30. The first-order valence-corrected chi connectivity index (χ1v) is 5.16. The molecule has 2 rings (SSSR count). The number of nitrogens with zero attached hydrogens (tertiary/aromatic N) is 2. The van der Waals surface area contributed by atoms with Gasteiger partial charge in [0, 0.05) is 18.9 Å². The first-order chi connectivity index (χ1) is 8.15. The zero-order chi connectivity index (χ0) is 12.3. The average Bonchev–Trinajstić information content (AvgIpc) is 2.73. The monoisotopic (exact) mass is 231 g/mol. The molecule has 0 saturated carbocycles. The lowest BCUT2D eigenvalue weighted by molar-refractivity contribution is 0.0467. The maximum atomic E-state index is 11.6. The van der Waals surface area contributed by atoms with Crippen LogP contribution < -0.4 is 5.73 Å². The Morgan fingerprint density at radius 1 is 1.35 bits per heavy atom. The van der Waals surface area contributed by atoms with Crippen molar-refractivity contribution in [2.24, 2.45) is 7.05 Å². The van der Waals surface area contributed by atoms with Crippen molar-refractivity contribution in [1.29, 1.82) is 0 Å². The number of hydrogen-bond acceptors (Lipinski definition) is 4. The van der Waals surface area contributed by atoms with Crippen LogP contribution in [-0.4, -0.2) is 15.7 Å². The minimum atomic E-state index is -0.379. The van der Waals surface area contributed by atoms with Crippen molar-refractivity contribution in [1.82, 2.24) is 9.78 Å². The van der Waals surface area contributed by atoms with E-state index in [-0.39, 0.29) is 12.6 Å². The highest BCUT2D eigenvalue weighted by atomic mass is 16.5. The summed E-state index contributed by atoms with van der Waals surface area (Å²) in [6, 6.07) is 8.40. The van der Waals surface area contributed by atoms with Gasteiger partial charge < -0.3 is 10.5 Å². The van der Waals surface area contributed by atoms with Crippen LogP contribution in [0.2, 0.25) is 0 Å². The number of anilines is 1. The Balaban J connectivity index is 1.95. The van der Waals surface area contributed by atoms with Crippen LogP contribution in [0, 0.1) is 0 Å². The molecule has 0 unspecified atom stereocenters. The fourth-order valence-corrected chi connectivity index (χ4v) is 1.38. The molecule has 1 aromatic heterocycles. The molecule has 0 aliphatic carbocycles. The zero-order valence-corrected chi connectivity index (χ0v) is 9.46. The standard InChI is InChI=1S/C12H13N3O2/c1-15-7-6-11(14-15)8-17-12(16)9-2-4-10(13)5-3-9/h2-7H,8,13H2,1H3. The summed E-state index contributed by atoms with van der Waals surface area (Å²) in [6.07, 6.45) is 1.80. The van der Waals surface area contributed by atoms with Gasteiger partial charge >= 0.3 is 5.97 Å². The molecule has 88 valence electrons. The SMILES string of the molecule is Cn1ccc(COC(=O)c2ccc(N)cc2)n1. The number of hydrogen-bond donors (Lipinski definition) is 1. The third-order valence-corrected chi connectivity index (χ3v) is 2.27. The molecule has 5 nitrogen and oxygen atoms in total. The molecule has 0 aliphatic heterocycles. The molecule has 0 radical (unpaired) electrons. The van der Waals surface area contributed by atoms with Gasteiger partial charge in [0.1, 0.15) is 6.61 Å². The lowest BCUT2D eigenvalue weighted by Gasteiger charge is -2.03. The number of benzene rings is 1. The van der Waals surface area contributed by atoms with E-state index in [1.54, 1.807) is 41.2 Å². The molecule has 0 aliphatic rings. The van der Waals surface area contributed by atoms with Gasteiger partial charge in [-0.05, 0) is 30.3 Å². The fraction of sp³-hybridized carbons (Fsp3) is 0.167. The van der Waals surface area contributed by atoms with Crippen LogP contribution in [0.3, 0.4) is 0 Å². The van der Waals surface area contributed by atoms with E-state index in [1.165, 1.54) is 0 Å². The Morgan fingerprint density at radius 2 is 2.06 bits per heavy atom. The van der Waals surface area contributed by atoms with Gasteiger partial charge in [-0.25, -0.2) is 4.79 Å². The minimum Gasteiger partial charge on any atom is -0.456 e. The normalized spacial score (nSPS) is 10.2. The van der Waals surface area contributed by atoms with E-state index < -0.39 is 0 Å². The maximum Gasteiger partial charge on any atom is 0.338 e. The van der Waals surface area contributed by atoms with Crippen LogP contribution in [0.25, 0.3) is 0 Å². The topological polar surface area (TPSA) is 70.1 Å². The third-order valence-electron chi connectivity index (χ3n) is 2.27. The largest absolute Gasteiger partial charge is 0.456 e. The van der Waals surface area contributed by atoms with Gasteiger partial charge in [-0.1, -0.05) is 0 Å². The molecule has 0 atom stereocenters. The Labute approximate surface area is 98.8 Å². The van der Waals surface area contributed by atoms with Gasteiger partial charge in [-0.3, -0.25) is 4.68 Å². The lowest BCUT2D eigenvalue weighted by atomic mass is 10.2. The van der Waals surface area contributed by atoms with E-state index in [4.69, 9.17) is 10.5 Å². The first kappa shape index (κ1) is 11.2. The zero-order valence-electron chi connectivity index (χ0n) is 9.46. The van der Waals surface area contributed by atoms with Crippen molar-refractivity contribution in [2.45, 2.75) is 6.61 Å². The molecule has 2 N–H and O–H groups in total. The Morgan fingerprint density at radius 3 is 2.65 bits per heavy atom. The molecule has 0 amide bonds. The molecular weight excluding hydrogens is 218 g/mol. The second-order valence-corrected chi connectivity index (χ2v) is 3.68. The molecular formula is C12H13N3O2. The summed E-state index contributed by atoms with van der Waals surface area (Å²) in [7, 11) is 1.81. The molecule has 1 aromatic carbocycles. The Bertz CT molecular complexity index is 517. The molecule has 1 heterocycles. The van der Waals surface area contributed by atoms with Crippen LogP contribution in [0.1, 0.15) is 16.1 Å². The van der Waals surface area contributed by atoms with Gasteiger partial charge in [-0.2, -0.15) is 5.10 Å². The van der Waals surface area contributed by atoms with Gasteiger partial charge in [0.25, 0.3) is 0 Å². The van der Waals surface area contributed by atoms with E-state index in [1.807, 2.05) is 7.05 Å². The van der Waals surface area contributed by atoms with E-state index >= 15 is 0 Å². The number of ether oxygens (including phenoxy) is 1. The highest BCUT2D eigenvalue weighted by molar-refractivity contribution is 5.89. The van der Waals surface area contributed by atoms with E-state index in [0.717, 1.165) is 5.69 Å². The molecule has 17 heavy (non-hydrogen) atoms. The summed E-state index contributed by atoms with van der Waals surface area (Å²) in [4.78, 5) is 11.6. The van der Waals surface area contributed by atoms with E-state index in [2.05, 4.69) is 5.10 Å². The number of nitrogens with two attached hydrogens (primary N) is 1. The number of rotatable bonds is 3. The van der Waals surface area contributed by atoms with Crippen molar-refractivity contribution >= 4 is 11.7 Å². The van der Waals surface area contributed by atoms with Crippen molar-refractivity contribution in [3.63, 3.8) is 0 Å². The van der Waals surface area contributed by atoms with Gasteiger partial charge in [-0.15, -0.1) is 0 Å². The van der Waals surface area contributed by atoms with Crippen molar-refractivity contribution in [3.05, 3.63) is 47.8 Å². The number of aryl methyl sites for hydroxylation is 1. The van der Waals surface area contributed by atoms with Gasteiger partial charge in [0.15, 0.2) is 0 Å². The smallest absolute Gasteiger partial charge is 0.338 e. The van der Waals surface area contributed by atoms with Crippen LogP contribution in [0.5, 0.6) is 0 Å². The molecule has 0 saturated heterocycles. The maximum absolute atomic E-state index is 11.6. The van der Waals surface area contributed by atoms with Gasteiger partial charge in [0.2, 0.25) is 0 Å². The average molecular weight is 231 g/mol. The summed E-state index contributed by atoms with van der Waals surface area (Å²) < 4.78 is 6.77. The van der Waals surface area contributed by atoms with Crippen LogP contribution >= 0.6 is 0 Å². The summed E-state index contributed by atoms with van der Waals surface area (Å²) in [5.74, 6) is -0.379. The number of carbonyl (C=O) groups excluding carboxylic acids is 1. The summed E-state index contributed by atoms with van der Waals surface area (Å²) in [6.45, 7) is 0.171. The summed E-state index contributed by atoms with van der Waals surface area (Å²) in [5.41, 5.74) is 7.35. The highest BCUT2D eigenvalue weighted by Crippen LogP contribution is 2.08. The van der Waals surface area contributed by atoms with Crippen LogP contribution in [0.4, 0.5) is 5.69 Å². The first-order valence-electron chi connectivity index (χ1n) is 5.16. The second-order valence-electron chi connectivity index (χ2n) is 3.68. The predicted molar refractivity (Wildman–Crippen MR) is 63.2 cm³/mol. The third kappa shape index (κ3) is 2.84. The number of carbonyl (C=O) groups is 1. The fourth-order valence-electron chi connectivity index (χ4n) is 1.38. The molecule has 2 aromatic rings. The highest BCUT2D eigenvalue weighted by Gasteiger charge is 2.07. The van der Waals surface area contributed by atoms with Crippen LogP contribution in [-0.2, 0) is 18.4 Å². The van der Waals surface area contributed by atoms with E-state index in [0.29, 0.717) is 11.3 Å². The van der Waals surface area contributed by atoms with Crippen LogP contribution in [0.15, 0.2) is 36.5 Å². The molecule has 0 fully saturated rings. The quantitative estimate of drug-likeness (QED) is 0.639. The summed E-state index contributed by atoms with van der Waals surface area (Å²) in [5, 5.41) is 4.11. The number of nitrogen functional groups attached to an aromatic ring is 1. The second kappa shape index (κ2) is 4.69.